The number of halogens is 1. The molecular formula is C5H10IN. The van der Waals surface area contributed by atoms with Crippen LogP contribution in [0.4, 0.5) is 0 Å². The first kappa shape index (κ1) is 5.82. The summed E-state index contributed by atoms with van der Waals surface area (Å²) >= 11 is 2.45. The SMILES string of the molecule is I[C@H]1CCCCN1. The summed E-state index contributed by atoms with van der Waals surface area (Å²) in [6.45, 7) is 1.23. The van der Waals surface area contributed by atoms with Gasteiger partial charge in [-0.1, -0.05) is 22.6 Å². The van der Waals surface area contributed by atoms with Crippen molar-refractivity contribution in [3.05, 3.63) is 0 Å². The van der Waals surface area contributed by atoms with Gasteiger partial charge in [0.25, 0.3) is 0 Å². The lowest BCUT2D eigenvalue weighted by Gasteiger charge is -2.16. The predicted octanol–water partition coefficient (Wildman–Crippen LogP) is 1.52. The normalized spacial score (nSPS) is 33.0. The fraction of sp³-hybridized carbons (Fsp3) is 1.00. The fourth-order valence-electron chi connectivity index (χ4n) is 0.809. The van der Waals surface area contributed by atoms with Crippen LogP contribution in [0.2, 0.25) is 0 Å². The average Bonchev–Trinajstić information content (AvgIpc) is 1.69. The van der Waals surface area contributed by atoms with Gasteiger partial charge in [0.1, 0.15) is 0 Å². The number of piperidine rings is 1. The van der Waals surface area contributed by atoms with Crippen LogP contribution >= 0.6 is 22.6 Å². The minimum Gasteiger partial charge on any atom is -0.305 e. The molecular weight excluding hydrogens is 201 g/mol. The van der Waals surface area contributed by atoms with Gasteiger partial charge in [0.15, 0.2) is 0 Å². The van der Waals surface area contributed by atoms with Crippen molar-refractivity contribution in [1.29, 1.82) is 0 Å². The molecule has 1 rings (SSSR count). The monoisotopic (exact) mass is 211 g/mol. The zero-order valence-corrected chi connectivity index (χ0v) is 6.44. The van der Waals surface area contributed by atoms with E-state index >= 15 is 0 Å². The molecule has 0 unspecified atom stereocenters. The molecule has 0 aromatic rings. The van der Waals surface area contributed by atoms with Crippen LogP contribution in [0.1, 0.15) is 19.3 Å². The largest absolute Gasteiger partial charge is 0.305 e. The molecule has 2 heteroatoms. The average molecular weight is 211 g/mol. The Labute approximate surface area is 58.0 Å². The summed E-state index contributed by atoms with van der Waals surface area (Å²) in [5.74, 6) is 0. The van der Waals surface area contributed by atoms with Crippen molar-refractivity contribution in [2.45, 2.75) is 23.3 Å². The predicted molar refractivity (Wildman–Crippen MR) is 39.7 cm³/mol. The minimum atomic E-state index is 0.756. The van der Waals surface area contributed by atoms with Crippen molar-refractivity contribution in [1.82, 2.24) is 5.32 Å². The van der Waals surface area contributed by atoms with Gasteiger partial charge in [0.2, 0.25) is 0 Å². The number of hydrogen-bond donors (Lipinski definition) is 1. The zero-order chi connectivity index (χ0) is 5.11. The fourth-order valence-corrected chi connectivity index (χ4v) is 1.56. The van der Waals surface area contributed by atoms with E-state index < -0.39 is 0 Å². The van der Waals surface area contributed by atoms with E-state index in [-0.39, 0.29) is 0 Å². The molecule has 0 bridgehead atoms. The summed E-state index contributed by atoms with van der Waals surface area (Å²) in [4.78, 5) is 0. The van der Waals surface area contributed by atoms with Crippen LogP contribution in [0.5, 0.6) is 0 Å². The minimum absolute atomic E-state index is 0.756. The van der Waals surface area contributed by atoms with E-state index in [1.54, 1.807) is 0 Å². The third-order valence-corrected chi connectivity index (χ3v) is 2.31. The van der Waals surface area contributed by atoms with Gasteiger partial charge >= 0.3 is 0 Å². The van der Waals surface area contributed by atoms with Crippen LogP contribution in [0.3, 0.4) is 0 Å². The van der Waals surface area contributed by atoms with Crippen LogP contribution in [-0.2, 0) is 0 Å². The van der Waals surface area contributed by atoms with Crippen LogP contribution in [0, 0.1) is 0 Å². The maximum Gasteiger partial charge on any atom is 0.0593 e. The molecule has 0 aromatic heterocycles. The van der Waals surface area contributed by atoms with Crippen LogP contribution in [0.15, 0.2) is 0 Å². The quantitative estimate of drug-likeness (QED) is 0.364. The lowest BCUT2D eigenvalue weighted by molar-refractivity contribution is 0.505. The molecule has 1 fully saturated rings. The van der Waals surface area contributed by atoms with Crippen molar-refractivity contribution < 1.29 is 0 Å². The van der Waals surface area contributed by atoms with E-state index in [0.29, 0.717) is 0 Å². The highest BCUT2D eigenvalue weighted by atomic mass is 127. The maximum absolute atomic E-state index is 3.37. The molecule has 0 saturated carbocycles. The summed E-state index contributed by atoms with van der Waals surface area (Å²) in [6.07, 6.45) is 4.15. The molecule has 1 N–H and O–H groups in total. The Morgan fingerprint density at radius 3 is 2.57 bits per heavy atom. The lowest BCUT2D eigenvalue weighted by Crippen LogP contribution is -2.28. The summed E-state index contributed by atoms with van der Waals surface area (Å²) in [6, 6.07) is 0. The standard InChI is InChI=1S/C5H10IN/c6-5-3-1-2-4-7-5/h5,7H,1-4H2/t5-/m1/s1. The van der Waals surface area contributed by atoms with Gasteiger partial charge in [-0.05, 0) is 25.8 Å². The smallest absolute Gasteiger partial charge is 0.0593 e. The van der Waals surface area contributed by atoms with Crippen molar-refractivity contribution in [2.75, 3.05) is 6.54 Å². The van der Waals surface area contributed by atoms with Gasteiger partial charge in [-0.2, -0.15) is 0 Å². The highest BCUT2D eigenvalue weighted by Gasteiger charge is 2.05. The second-order valence-electron chi connectivity index (χ2n) is 1.92. The van der Waals surface area contributed by atoms with E-state index in [1.807, 2.05) is 0 Å². The first-order valence-corrected chi connectivity index (χ1v) is 4.01. The molecule has 0 aliphatic carbocycles. The molecule has 1 heterocycles. The Bertz CT molecular complexity index is 50.0. The van der Waals surface area contributed by atoms with Gasteiger partial charge in [0.05, 0.1) is 4.05 Å². The lowest BCUT2D eigenvalue weighted by atomic mass is 10.2. The first-order chi connectivity index (χ1) is 3.39. The molecule has 0 aromatic carbocycles. The van der Waals surface area contributed by atoms with Crippen molar-refractivity contribution in [3.8, 4) is 0 Å². The zero-order valence-electron chi connectivity index (χ0n) is 4.28. The summed E-state index contributed by atoms with van der Waals surface area (Å²) in [5, 5.41) is 3.37. The molecule has 0 amide bonds. The Hall–Kier alpha value is 0.690. The van der Waals surface area contributed by atoms with Gasteiger partial charge in [-0.15, -0.1) is 0 Å². The topological polar surface area (TPSA) is 12.0 Å². The molecule has 0 radical (unpaired) electrons. The number of hydrogen-bond acceptors (Lipinski definition) is 1. The Morgan fingerprint density at radius 1 is 1.43 bits per heavy atom. The number of nitrogens with one attached hydrogen (secondary N) is 1. The number of alkyl halides is 1. The Morgan fingerprint density at radius 2 is 2.29 bits per heavy atom. The molecule has 1 atom stereocenters. The van der Waals surface area contributed by atoms with Crippen LogP contribution in [0.25, 0.3) is 0 Å². The third kappa shape index (κ3) is 1.95. The van der Waals surface area contributed by atoms with E-state index in [2.05, 4.69) is 27.9 Å². The van der Waals surface area contributed by atoms with E-state index in [4.69, 9.17) is 0 Å². The summed E-state index contributed by atoms with van der Waals surface area (Å²) < 4.78 is 0.756. The highest BCUT2D eigenvalue weighted by Crippen LogP contribution is 2.11. The van der Waals surface area contributed by atoms with E-state index in [0.717, 1.165) is 4.05 Å². The second-order valence-corrected chi connectivity index (χ2v) is 3.42. The van der Waals surface area contributed by atoms with Gasteiger partial charge in [0, 0.05) is 0 Å². The van der Waals surface area contributed by atoms with E-state index in [9.17, 15) is 0 Å². The van der Waals surface area contributed by atoms with Crippen LogP contribution < -0.4 is 5.32 Å². The Kier molecular flexibility index (Phi) is 2.38. The van der Waals surface area contributed by atoms with Crippen molar-refractivity contribution >= 4 is 22.6 Å². The second kappa shape index (κ2) is 2.87. The molecule has 1 aliphatic rings. The molecule has 1 saturated heterocycles. The van der Waals surface area contributed by atoms with Crippen molar-refractivity contribution in [2.24, 2.45) is 0 Å². The van der Waals surface area contributed by atoms with Crippen molar-refractivity contribution in [3.63, 3.8) is 0 Å². The van der Waals surface area contributed by atoms with Gasteiger partial charge < -0.3 is 5.32 Å². The molecule has 1 nitrogen and oxygen atoms in total. The molecule has 7 heavy (non-hydrogen) atoms. The molecule has 0 spiro atoms. The highest BCUT2D eigenvalue weighted by molar-refractivity contribution is 14.1. The number of rotatable bonds is 0. The van der Waals surface area contributed by atoms with Gasteiger partial charge in [-0.3, -0.25) is 0 Å². The maximum atomic E-state index is 3.37. The summed E-state index contributed by atoms with van der Waals surface area (Å²) in [5.41, 5.74) is 0. The summed E-state index contributed by atoms with van der Waals surface area (Å²) in [7, 11) is 0. The molecule has 42 valence electrons. The third-order valence-electron chi connectivity index (χ3n) is 1.25. The van der Waals surface area contributed by atoms with Gasteiger partial charge in [-0.25, -0.2) is 0 Å². The van der Waals surface area contributed by atoms with E-state index in [1.165, 1.54) is 25.8 Å². The van der Waals surface area contributed by atoms with Crippen LogP contribution in [-0.4, -0.2) is 10.6 Å². The Balaban J connectivity index is 2.12. The molecule has 1 aliphatic heterocycles. The first-order valence-electron chi connectivity index (χ1n) is 2.77.